The molecule has 0 spiro atoms. The summed E-state index contributed by atoms with van der Waals surface area (Å²) in [6, 6.07) is 9.65. The number of carbonyl (C=O) groups is 1. The maximum absolute atomic E-state index is 13.2. The number of benzene rings is 2. The summed E-state index contributed by atoms with van der Waals surface area (Å²) in [5.74, 6) is -0.247. The van der Waals surface area contributed by atoms with Gasteiger partial charge in [-0.1, -0.05) is 0 Å². The van der Waals surface area contributed by atoms with E-state index in [2.05, 4.69) is 5.32 Å². The molecule has 1 amide bonds. The number of amides is 1. The monoisotopic (exact) mass is 411 g/mol. The van der Waals surface area contributed by atoms with Crippen LogP contribution in [0.25, 0.3) is 0 Å². The van der Waals surface area contributed by atoms with Gasteiger partial charge in [0.15, 0.2) is 0 Å². The molecule has 0 unspecified atom stereocenters. The Morgan fingerprint density at radius 3 is 2.25 bits per heavy atom. The van der Waals surface area contributed by atoms with Gasteiger partial charge in [0.2, 0.25) is 5.91 Å². The van der Waals surface area contributed by atoms with Gasteiger partial charge in [0, 0.05) is 20.2 Å². The molecule has 2 aromatic carbocycles. The van der Waals surface area contributed by atoms with Crippen molar-refractivity contribution < 1.29 is 27.1 Å². The molecule has 0 heterocycles. The van der Waals surface area contributed by atoms with E-state index in [1.807, 2.05) is 0 Å². The highest BCUT2D eigenvalue weighted by Crippen LogP contribution is 2.29. The van der Waals surface area contributed by atoms with Gasteiger partial charge in [0.05, 0.1) is 25.6 Å². The third kappa shape index (κ3) is 4.90. The topological polar surface area (TPSA) is 88.2 Å². The lowest BCUT2D eigenvalue weighted by Crippen LogP contribution is -2.44. The molecule has 0 saturated heterocycles. The minimum Gasteiger partial charge on any atom is -0.497 e. The van der Waals surface area contributed by atoms with E-state index in [9.17, 15) is 17.6 Å². The minimum absolute atomic E-state index is 0.155. The molecule has 152 valence electrons. The second-order valence-electron chi connectivity index (χ2n) is 5.89. The Labute approximate surface area is 163 Å². The Bertz CT molecular complexity index is 933. The fourth-order valence-corrected chi connectivity index (χ4v) is 3.41. The van der Waals surface area contributed by atoms with Gasteiger partial charge in [-0.05, 0) is 36.4 Å². The van der Waals surface area contributed by atoms with Crippen molar-refractivity contribution in [3.63, 3.8) is 0 Å². The number of carbonyl (C=O) groups excluding carboxylic acids is 1. The molecule has 0 aromatic heterocycles. The van der Waals surface area contributed by atoms with Crippen LogP contribution in [0.3, 0.4) is 0 Å². The lowest BCUT2D eigenvalue weighted by atomic mass is 10.2. The van der Waals surface area contributed by atoms with E-state index < -0.39 is 28.5 Å². The molecule has 2 rings (SSSR count). The molecular weight excluding hydrogens is 389 g/mol. The Morgan fingerprint density at radius 1 is 1.07 bits per heavy atom. The first-order valence-electron chi connectivity index (χ1n) is 8.16. The number of nitrogens with one attached hydrogen (secondary N) is 1. The predicted molar refractivity (Wildman–Crippen MR) is 105 cm³/mol. The molecule has 0 aliphatic rings. The molecule has 0 aliphatic heterocycles. The maximum atomic E-state index is 13.2. The van der Waals surface area contributed by atoms with Crippen molar-refractivity contribution in [2.75, 3.05) is 44.5 Å². The summed E-state index contributed by atoms with van der Waals surface area (Å²) in [5.41, 5.74) is 0.482. The first kappa shape index (κ1) is 21.5. The van der Waals surface area contributed by atoms with E-state index in [4.69, 9.17) is 9.47 Å². The number of hydrogen-bond donors (Lipinski definition) is 1. The van der Waals surface area contributed by atoms with E-state index in [0.29, 0.717) is 17.2 Å². The van der Waals surface area contributed by atoms with E-state index in [1.165, 1.54) is 40.4 Å². The van der Waals surface area contributed by atoms with Crippen LogP contribution in [0.15, 0.2) is 42.5 Å². The summed E-state index contributed by atoms with van der Waals surface area (Å²) >= 11 is 0. The Balaban J connectivity index is 2.32. The van der Waals surface area contributed by atoms with Crippen LogP contribution in [0.1, 0.15) is 0 Å². The van der Waals surface area contributed by atoms with Gasteiger partial charge in [-0.25, -0.2) is 8.70 Å². The van der Waals surface area contributed by atoms with Gasteiger partial charge in [-0.2, -0.15) is 12.7 Å². The molecule has 0 radical (unpaired) electrons. The number of ether oxygens (including phenoxy) is 2. The van der Waals surface area contributed by atoms with Crippen LogP contribution in [-0.2, 0) is 15.0 Å². The minimum atomic E-state index is -3.99. The van der Waals surface area contributed by atoms with Gasteiger partial charge in [-0.3, -0.25) is 4.79 Å². The van der Waals surface area contributed by atoms with Crippen LogP contribution < -0.4 is 19.1 Å². The third-order valence-corrected chi connectivity index (χ3v) is 5.64. The molecular formula is C18H22FN3O5S. The molecule has 0 bridgehead atoms. The highest BCUT2D eigenvalue weighted by atomic mass is 32.2. The van der Waals surface area contributed by atoms with Crippen LogP contribution in [0.4, 0.5) is 15.8 Å². The third-order valence-electron chi connectivity index (χ3n) is 3.82. The smallest absolute Gasteiger partial charge is 0.304 e. The van der Waals surface area contributed by atoms with Gasteiger partial charge in [0.25, 0.3) is 0 Å². The molecule has 10 heteroatoms. The average Bonchev–Trinajstić information content (AvgIpc) is 2.66. The Kier molecular flexibility index (Phi) is 6.81. The summed E-state index contributed by atoms with van der Waals surface area (Å²) < 4.78 is 50.7. The van der Waals surface area contributed by atoms with Gasteiger partial charge >= 0.3 is 10.2 Å². The predicted octanol–water partition coefficient (Wildman–Crippen LogP) is 2.09. The molecule has 0 saturated carbocycles. The normalized spacial score (nSPS) is 11.2. The van der Waals surface area contributed by atoms with Gasteiger partial charge in [-0.15, -0.1) is 0 Å². The van der Waals surface area contributed by atoms with E-state index >= 15 is 0 Å². The fraction of sp³-hybridized carbons (Fsp3) is 0.278. The zero-order valence-corrected chi connectivity index (χ0v) is 16.8. The largest absolute Gasteiger partial charge is 0.497 e. The SMILES string of the molecule is COc1ccc(OC)c(NC(=O)CN(c2ccc(F)cc2)S(=O)(=O)N(C)C)c1. The molecule has 1 N–H and O–H groups in total. The average molecular weight is 411 g/mol. The van der Waals surface area contributed by atoms with Crippen LogP contribution >= 0.6 is 0 Å². The number of anilines is 2. The van der Waals surface area contributed by atoms with Crippen molar-refractivity contribution in [1.29, 1.82) is 0 Å². The number of rotatable bonds is 8. The standard InChI is InChI=1S/C18H22FN3O5S/c1-21(2)28(24,25)22(14-7-5-13(19)6-8-14)12-18(23)20-16-11-15(26-3)9-10-17(16)27-4/h5-11H,12H2,1-4H3,(H,20,23). The molecule has 2 aromatic rings. The molecule has 28 heavy (non-hydrogen) atoms. The van der Waals surface area contributed by atoms with Crippen LogP contribution in [0, 0.1) is 5.82 Å². The fourth-order valence-electron chi connectivity index (χ4n) is 2.34. The second-order valence-corrected chi connectivity index (χ2v) is 7.95. The summed E-state index contributed by atoms with van der Waals surface area (Å²) in [7, 11) is 1.61. The van der Waals surface area contributed by atoms with Crippen molar-refractivity contribution in [3.05, 3.63) is 48.3 Å². The van der Waals surface area contributed by atoms with Crippen molar-refractivity contribution >= 4 is 27.5 Å². The lowest BCUT2D eigenvalue weighted by molar-refractivity contribution is -0.114. The number of methoxy groups -OCH3 is 2. The summed E-state index contributed by atoms with van der Waals surface area (Å²) in [6.45, 7) is -0.521. The maximum Gasteiger partial charge on any atom is 0.304 e. The Morgan fingerprint density at radius 2 is 1.71 bits per heavy atom. The highest BCUT2D eigenvalue weighted by molar-refractivity contribution is 7.90. The van der Waals surface area contributed by atoms with Gasteiger partial charge < -0.3 is 14.8 Å². The van der Waals surface area contributed by atoms with Crippen molar-refractivity contribution in [2.45, 2.75) is 0 Å². The summed E-state index contributed by atoms with van der Waals surface area (Å²) in [5, 5.41) is 2.62. The second kappa shape index (κ2) is 8.89. The molecule has 8 nitrogen and oxygen atoms in total. The quantitative estimate of drug-likeness (QED) is 0.719. The van der Waals surface area contributed by atoms with Crippen LogP contribution in [-0.4, -0.2) is 53.5 Å². The van der Waals surface area contributed by atoms with Gasteiger partial charge in [0.1, 0.15) is 23.9 Å². The van der Waals surface area contributed by atoms with Crippen molar-refractivity contribution in [2.24, 2.45) is 0 Å². The first-order valence-corrected chi connectivity index (χ1v) is 9.56. The zero-order valence-electron chi connectivity index (χ0n) is 16.0. The van der Waals surface area contributed by atoms with E-state index in [1.54, 1.807) is 18.2 Å². The zero-order chi connectivity index (χ0) is 20.9. The number of nitrogens with zero attached hydrogens (tertiary/aromatic N) is 2. The number of hydrogen-bond acceptors (Lipinski definition) is 5. The Hall–Kier alpha value is -2.85. The van der Waals surface area contributed by atoms with Crippen molar-refractivity contribution in [3.8, 4) is 11.5 Å². The van der Waals surface area contributed by atoms with E-state index in [-0.39, 0.29) is 5.69 Å². The molecule has 0 aliphatic carbocycles. The molecule has 0 fully saturated rings. The summed E-state index contributed by atoms with van der Waals surface area (Å²) in [4.78, 5) is 12.6. The van der Waals surface area contributed by atoms with Crippen molar-refractivity contribution in [1.82, 2.24) is 4.31 Å². The molecule has 0 atom stereocenters. The lowest BCUT2D eigenvalue weighted by Gasteiger charge is -2.27. The summed E-state index contributed by atoms with van der Waals surface area (Å²) in [6.07, 6.45) is 0. The van der Waals surface area contributed by atoms with Crippen LogP contribution in [0.5, 0.6) is 11.5 Å². The van der Waals surface area contributed by atoms with E-state index in [0.717, 1.165) is 20.7 Å². The van der Waals surface area contributed by atoms with Crippen LogP contribution in [0.2, 0.25) is 0 Å². The number of halogens is 1. The highest BCUT2D eigenvalue weighted by Gasteiger charge is 2.27. The first-order chi connectivity index (χ1) is 13.2.